The number of nitrogens with one attached hydrogen (secondary N) is 2. The fraction of sp³-hybridized carbons (Fsp3) is 0.125. The van der Waals surface area contributed by atoms with Gasteiger partial charge in [-0.25, -0.2) is 8.42 Å². The number of hydrogen-bond donors (Lipinski definition) is 2. The maximum absolute atomic E-state index is 12.9. The van der Waals surface area contributed by atoms with Crippen molar-refractivity contribution in [1.82, 2.24) is 0 Å². The number of rotatable bonds is 3. The van der Waals surface area contributed by atoms with E-state index in [0.717, 1.165) is 6.26 Å². The predicted molar refractivity (Wildman–Crippen MR) is 91.7 cm³/mol. The van der Waals surface area contributed by atoms with E-state index in [9.17, 15) is 18.0 Å². The SMILES string of the molecule is CS(=O)(=O)Nc1ccccc1C(=O)N1CC(=O)Nc2ccccc21. The Morgan fingerprint density at radius 3 is 2.54 bits per heavy atom. The van der Waals surface area contributed by atoms with Crippen molar-refractivity contribution < 1.29 is 18.0 Å². The number of carbonyl (C=O) groups excluding carboxylic acids is 2. The molecule has 2 aromatic carbocycles. The van der Waals surface area contributed by atoms with E-state index in [4.69, 9.17) is 0 Å². The molecule has 8 heteroatoms. The molecular weight excluding hydrogens is 330 g/mol. The molecule has 0 aliphatic carbocycles. The lowest BCUT2D eigenvalue weighted by molar-refractivity contribution is -0.115. The monoisotopic (exact) mass is 345 g/mol. The van der Waals surface area contributed by atoms with Gasteiger partial charge in [-0.05, 0) is 24.3 Å². The van der Waals surface area contributed by atoms with Crippen LogP contribution in [0.4, 0.5) is 17.1 Å². The number of anilines is 3. The minimum atomic E-state index is -3.54. The fourth-order valence-corrected chi connectivity index (χ4v) is 3.10. The van der Waals surface area contributed by atoms with Crippen molar-refractivity contribution in [2.75, 3.05) is 27.7 Å². The highest BCUT2D eigenvalue weighted by Crippen LogP contribution is 2.31. The second-order valence-corrected chi connectivity index (χ2v) is 7.12. The van der Waals surface area contributed by atoms with E-state index in [1.807, 2.05) is 0 Å². The Labute approximate surface area is 139 Å². The van der Waals surface area contributed by atoms with Crippen LogP contribution in [0.25, 0.3) is 0 Å². The maximum atomic E-state index is 12.9. The fourth-order valence-electron chi connectivity index (χ4n) is 2.52. The average molecular weight is 345 g/mol. The molecule has 0 aromatic heterocycles. The lowest BCUT2D eigenvalue weighted by Gasteiger charge is -2.29. The minimum absolute atomic E-state index is 0.136. The summed E-state index contributed by atoms with van der Waals surface area (Å²) in [6, 6.07) is 13.2. The zero-order valence-electron chi connectivity index (χ0n) is 12.8. The third kappa shape index (κ3) is 3.23. The molecule has 1 aliphatic rings. The largest absolute Gasteiger partial charge is 0.323 e. The molecule has 0 saturated carbocycles. The van der Waals surface area contributed by atoms with Crippen LogP contribution < -0.4 is 14.9 Å². The number of sulfonamides is 1. The third-order valence-electron chi connectivity index (χ3n) is 3.47. The van der Waals surface area contributed by atoms with Crippen molar-refractivity contribution in [2.24, 2.45) is 0 Å². The number of para-hydroxylation sites is 3. The van der Waals surface area contributed by atoms with Crippen LogP contribution in [0.1, 0.15) is 10.4 Å². The quantitative estimate of drug-likeness (QED) is 0.884. The van der Waals surface area contributed by atoms with E-state index in [1.165, 1.54) is 17.0 Å². The first kappa shape index (κ1) is 16.0. The molecule has 1 heterocycles. The first-order valence-electron chi connectivity index (χ1n) is 7.13. The Morgan fingerprint density at radius 1 is 1.12 bits per heavy atom. The molecule has 7 nitrogen and oxygen atoms in total. The van der Waals surface area contributed by atoms with E-state index < -0.39 is 15.9 Å². The van der Waals surface area contributed by atoms with Crippen molar-refractivity contribution in [3.63, 3.8) is 0 Å². The van der Waals surface area contributed by atoms with Gasteiger partial charge >= 0.3 is 0 Å². The molecule has 0 bridgehead atoms. The van der Waals surface area contributed by atoms with Gasteiger partial charge < -0.3 is 5.32 Å². The highest BCUT2D eigenvalue weighted by molar-refractivity contribution is 7.92. The van der Waals surface area contributed by atoms with Gasteiger partial charge in [-0.15, -0.1) is 0 Å². The first-order chi connectivity index (χ1) is 11.3. The smallest absolute Gasteiger partial charge is 0.260 e. The Kier molecular flexibility index (Phi) is 3.98. The summed E-state index contributed by atoms with van der Waals surface area (Å²) in [6.45, 7) is -0.136. The van der Waals surface area contributed by atoms with Gasteiger partial charge in [0, 0.05) is 0 Å². The topological polar surface area (TPSA) is 95.6 Å². The van der Waals surface area contributed by atoms with Gasteiger partial charge in [-0.3, -0.25) is 19.2 Å². The maximum Gasteiger partial charge on any atom is 0.260 e. The molecule has 0 spiro atoms. The summed E-state index contributed by atoms with van der Waals surface area (Å²) in [6.07, 6.45) is 1.01. The lowest BCUT2D eigenvalue weighted by Crippen LogP contribution is -2.42. The Balaban J connectivity index is 2.03. The number of carbonyl (C=O) groups is 2. The standard InChI is InChI=1S/C16H15N3O4S/c1-24(22,23)18-12-7-3-2-6-11(12)16(21)19-10-15(20)17-13-8-4-5-9-14(13)19/h2-9,18H,10H2,1H3,(H,17,20). The van der Waals surface area contributed by atoms with E-state index in [1.54, 1.807) is 36.4 Å². The van der Waals surface area contributed by atoms with Crippen molar-refractivity contribution in [1.29, 1.82) is 0 Å². The second-order valence-electron chi connectivity index (χ2n) is 5.38. The van der Waals surface area contributed by atoms with Gasteiger partial charge in [0.1, 0.15) is 6.54 Å². The summed E-state index contributed by atoms with van der Waals surface area (Å²) in [5.41, 5.74) is 1.45. The number of benzene rings is 2. The van der Waals surface area contributed by atoms with Crippen molar-refractivity contribution in [3.05, 3.63) is 54.1 Å². The number of amides is 2. The van der Waals surface area contributed by atoms with Crippen molar-refractivity contribution in [2.45, 2.75) is 0 Å². The zero-order valence-corrected chi connectivity index (χ0v) is 13.6. The number of fused-ring (bicyclic) bond motifs is 1. The van der Waals surface area contributed by atoms with Crippen LogP contribution in [0.2, 0.25) is 0 Å². The van der Waals surface area contributed by atoms with Gasteiger partial charge in [-0.1, -0.05) is 24.3 Å². The Morgan fingerprint density at radius 2 is 1.79 bits per heavy atom. The van der Waals surface area contributed by atoms with E-state index in [2.05, 4.69) is 10.0 Å². The van der Waals surface area contributed by atoms with Gasteiger partial charge in [0.05, 0.1) is 28.9 Å². The van der Waals surface area contributed by atoms with Gasteiger partial charge in [-0.2, -0.15) is 0 Å². The molecule has 2 N–H and O–H groups in total. The van der Waals surface area contributed by atoms with Crippen LogP contribution in [-0.2, 0) is 14.8 Å². The summed E-state index contributed by atoms with van der Waals surface area (Å²) < 4.78 is 25.3. The molecule has 0 atom stereocenters. The first-order valence-corrected chi connectivity index (χ1v) is 9.02. The van der Waals surface area contributed by atoms with Gasteiger partial charge in [0.25, 0.3) is 5.91 Å². The summed E-state index contributed by atoms with van der Waals surface area (Å²) >= 11 is 0. The predicted octanol–water partition coefficient (Wildman–Crippen LogP) is 1.66. The van der Waals surface area contributed by atoms with Crippen LogP contribution >= 0.6 is 0 Å². The number of hydrogen-bond acceptors (Lipinski definition) is 4. The van der Waals surface area contributed by atoms with Crippen LogP contribution in [0.3, 0.4) is 0 Å². The van der Waals surface area contributed by atoms with E-state index in [0.29, 0.717) is 11.4 Å². The average Bonchev–Trinajstić information content (AvgIpc) is 2.52. The molecule has 0 radical (unpaired) electrons. The molecular formula is C16H15N3O4S. The van der Waals surface area contributed by atoms with E-state index >= 15 is 0 Å². The molecule has 3 rings (SSSR count). The molecule has 124 valence electrons. The summed E-state index contributed by atoms with van der Waals surface area (Å²) in [4.78, 5) is 26.1. The van der Waals surface area contributed by atoms with E-state index in [-0.39, 0.29) is 23.7 Å². The molecule has 0 saturated heterocycles. The zero-order chi connectivity index (χ0) is 17.3. The van der Waals surface area contributed by atoms with Crippen molar-refractivity contribution in [3.8, 4) is 0 Å². The second kappa shape index (κ2) is 5.97. The molecule has 24 heavy (non-hydrogen) atoms. The molecule has 1 aliphatic heterocycles. The van der Waals surface area contributed by atoms with Gasteiger partial charge in [0.2, 0.25) is 15.9 Å². The van der Waals surface area contributed by atoms with Crippen LogP contribution in [-0.4, -0.2) is 33.0 Å². The molecule has 0 unspecified atom stereocenters. The summed E-state index contributed by atoms with van der Waals surface area (Å²) in [5, 5.41) is 2.70. The summed E-state index contributed by atoms with van der Waals surface area (Å²) in [5.74, 6) is -0.764. The normalized spacial score (nSPS) is 13.9. The van der Waals surface area contributed by atoms with Crippen LogP contribution in [0, 0.1) is 0 Å². The molecule has 0 fully saturated rings. The molecule has 2 amide bonds. The summed E-state index contributed by atoms with van der Waals surface area (Å²) in [7, 11) is -3.54. The Hall–Kier alpha value is -2.87. The van der Waals surface area contributed by atoms with Crippen LogP contribution in [0.5, 0.6) is 0 Å². The Bertz CT molecular complexity index is 924. The third-order valence-corrected chi connectivity index (χ3v) is 4.06. The minimum Gasteiger partial charge on any atom is -0.323 e. The highest BCUT2D eigenvalue weighted by atomic mass is 32.2. The van der Waals surface area contributed by atoms with Crippen molar-refractivity contribution >= 4 is 38.9 Å². The van der Waals surface area contributed by atoms with Gasteiger partial charge in [0.15, 0.2) is 0 Å². The highest BCUT2D eigenvalue weighted by Gasteiger charge is 2.28. The molecule has 2 aromatic rings. The number of nitrogens with zero attached hydrogens (tertiary/aromatic N) is 1. The lowest BCUT2D eigenvalue weighted by atomic mass is 10.1. The van der Waals surface area contributed by atoms with Crippen LogP contribution in [0.15, 0.2) is 48.5 Å².